The average molecular weight is 280 g/mol. The fourth-order valence-corrected chi connectivity index (χ4v) is 2.39. The molecule has 0 aromatic carbocycles. The number of aliphatic hydroxyl groups is 1. The number of anilines is 2. The first kappa shape index (κ1) is 14.8. The standard InChI is InChI=1S/C14H24N4O2/c1-3-7-15-13-12(20-2)14(17-10-16-13)18(8-9-19)11-5-4-6-11/h10-11,19H,3-9H2,1-2H3,(H,15,16,17). The second-order valence-corrected chi connectivity index (χ2v) is 5.01. The SMILES string of the molecule is CCCNc1ncnc(N(CCO)C2CCC2)c1OC. The monoisotopic (exact) mass is 280 g/mol. The van der Waals surface area contributed by atoms with Crippen molar-refractivity contribution in [2.75, 3.05) is 37.0 Å². The highest BCUT2D eigenvalue weighted by Crippen LogP contribution is 2.36. The Balaban J connectivity index is 2.27. The summed E-state index contributed by atoms with van der Waals surface area (Å²) < 4.78 is 5.51. The molecule has 0 unspecified atom stereocenters. The number of nitrogens with zero attached hydrogens (tertiary/aromatic N) is 3. The summed E-state index contributed by atoms with van der Waals surface area (Å²) in [5.41, 5.74) is 0. The van der Waals surface area contributed by atoms with Crippen LogP contribution in [0.15, 0.2) is 6.33 Å². The summed E-state index contributed by atoms with van der Waals surface area (Å²) in [4.78, 5) is 10.8. The minimum atomic E-state index is 0.112. The Hall–Kier alpha value is -1.56. The van der Waals surface area contributed by atoms with Crippen LogP contribution < -0.4 is 15.0 Å². The molecule has 6 nitrogen and oxygen atoms in total. The Morgan fingerprint density at radius 2 is 2.25 bits per heavy atom. The van der Waals surface area contributed by atoms with Crippen LogP contribution in [0.2, 0.25) is 0 Å². The van der Waals surface area contributed by atoms with Gasteiger partial charge in [0.2, 0.25) is 5.75 Å². The van der Waals surface area contributed by atoms with E-state index < -0.39 is 0 Å². The van der Waals surface area contributed by atoms with Crippen molar-refractivity contribution in [2.24, 2.45) is 0 Å². The maximum absolute atomic E-state index is 9.30. The summed E-state index contributed by atoms with van der Waals surface area (Å²) >= 11 is 0. The summed E-state index contributed by atoms with van der Waals surface area (Å²) in [5, 5.41) is 12.6. The van der Waals surface area contributed by atoms with Gasteiger partial charge in [0.15, 0.2) is 11.6 Å². The van der Waals surface area contributed by atoms with E-state index in [1.807, 2.05) is 0 Å². The number of aliphatic hydroxyl groups excluding tert-OH is 1. The lowest BCUT2D eigenvalue weighted by molar-refractivity contribution is 0.281. The van der Waals surface area contributed by atoms with Gasteiger partial charge < -0.3 is 20.1 Å². The van der Waals surface area contributed by atoms with Crippen LogP contribution in [0.25, 0.3) is 0 Å². The Labute approximate surface area is 120 Å². The number of hydrogen-bond donors (Lipinski definition) is 2. The third kappa shape index (κ3) is 3.12. The lowest BCUT2D eigenvalue weighted by atomic mass is 9.91. The van der Waals surface area contributed by atoms with Crippen LogP contribution in [-0.4, -0.2) is 47.9 Å². The van der Waals surface area contributed by atoms with Gasteiger partial charge in [0, 0.05) is 19.1 Å². The molecule has 6 heteroatoms. The van der Waals surface area contributed by atoms with Crippen LogP contribution in [-0.2, 0) is 0 Å². The van der Waals surface area contributed by atoms with Crippen molar-refractivity contribution in [3.05, 3.63) is 6.33 Å². The van der Waals surface area contributed by atoms with Gasteiger partial charge in [-0.15, -0.1) is 0 Å². The number of aromatic nitrogens is 2. The normalized spacial score (nSPS) is 14.8. The molecule has 1 heterocycles. The first-order valence-electron chi connectivity index (χ1n) is 7.32. The summed E-state index contributed by atoms with van der Waals surface area (Å²) in [6.45, 7) is 3.64. The first-order chi connectivity index (χ1) is 9.81. The number of methoxy groups -OCH3 is 1. The Kier molecular flexibility index (Phi) is 5.40. The lowest BCUT2D eigenvalue weighted by Gasteiger charge is -2.38. The van der Waals surface area contributed by atoms with E-state index >= 15 is 0 Å². The molecule has 0 atom stereocenters. The molecule has 0 bridgehead atoms. The van der Waals surface area contributed by atoms with Crippen LogP contribution >= 0.6 is 0 Å². The van der Waals surface area contributed by atoms with Crippen molar-refractivity contribution in [1.29, 1.82) is 0 Å². The summed E-state index contributed by atoms with van der Waals surface area (Å²) in [6.07, 6.45) is 6.10. The second kappa shape index (κ2) is 7.28. The second-order valence-electron chi connectivity index (χ2n) is 5.01. The molecule has 1 aliphatic rings. The first-order valence-corrected chi connectivity index (χ1v) is 7.32. The van der Waals surface area contributed by atoms with Crippen molar-refractivity contribution in [3.63, 3.8) is 0 Å². The maximum Gasteiger partial charge on any atom is 0.204 e. The maximum atomic E-state index is 9.30. The predicted octanol–water partition coefficient (Wildman–Crippen LogP) is 1.66. The summed E-state index contributed by atoms with van der Waals surface area (Å²) in [6, 6.07) is 0.449. The molecule has 112 valence electrons. The number of ether oxygens (including phenoxy) is 1. The molecule has 2 N–H and O–H groups in total. The Morgan fingerprint density at radius 1 is 1.45 bits per heavy atom. The van der Waals surface area contributed by atoms with Crippen LogP contribution in [0, 0.1) is 0 Å². The van der Waals surface area contributed by atoms with Crippen LogP contribution in [0.5, 0.6) is 5.75 Å². The molecule has 0 saturated heterocycles. The number of hydrogen-bond acceptors (Lipinski definition) is 6. The minimum absolute atomic E-state index is 0.112. The van der Waals surface area contributed by atoms with E-state index in [4.69, 9.17) is 4.74 Å². The molecule has 1 fully saturated rings. The van der Waals surface area contributed by atoms with E-state index in [2.05, 4.69) is 27.1 Å². The average Bonchev–Trinajstić information content (AvgIpc) is 2.42. The quantitative estimate of drug-likeness (QED) is 0.754. The summed E-state index contributed by atoms with van der Waals surface area (Å²) in [5.74, 6) is 2.17. The lowest BCUT2D eigenvalue weighted by Crippen LogP contribution is -2.42. The topological polar surface area (TPSA) is 70.5 Å². The third-order valence-electron chi connectivity index (χ3n) is 3.66. The van der Waals surface area contributed by atoms with E-state index in [1.165, 1.54) is 6.42 Å². The molecule has 0 spiro atoms. The van der Waals surface area contributed by atoms with Crippen molar-refractivity contribution >= 4 is 11.6 Å². The molecule has 0 radical (unpaired) electrons. The van der Waals surface area contributed by atoms with E-state index in [9.17, 15) is 5.11 Å². The van der Waals surface area contributed by atoms with E-state index in [0.29, 0.717) is 18.3 Å². The summed E-state index contributed by atoms with van der Waals surface area (Å²) in [7, 11) is 1.64. The fourth-order valence-electron chi connectivity index (χ4n) is 2.39. The molecule has 0 aliphatic heterocycles. The van der Waals surface area contributed by atoms with E-state index in [1.54, 1.807) is 13.4 Å². The number of nitrogens with one attached hydrogen (secondary N) is 1. The van der Waals surface area contributed by atoms with Crippen molar-refractivity contribution < 1.29 is 9.84 Å². The molecular formula is C14H24N4O2. The fraction of sp³-hybridized carbons (Fsp3) is 0.714. The zero-order valence-corrected chi connectivity index (χ0v) is 12.3. The van der Waals surface area contributed by atoms with Gasteiger partial charge in [-0.25, -0.2) is 9.97 Å². The van der Waals surface area contributed by atoms with Crippen molar-refractivity contribution in [2.45, 2.75) is 38.6 Å². The van der Waals surface area contributed by atoms with Gasteiger partial charge in [-0.3, -0.25) is 0 Å². The molecule has 20 heavy (non-hydrogen) atoms. The number of rotatable bonds is 8. The molecule has 0 amide bonds. The Morgan fingerprint density at radius 3 is 2.80 bits per heavy atom. The highest BCUT2D eigenvalue weighted by molar-refractivity contribution is 5.65. The highest BCUT2D eigenvalue weighted by atomic mass is 16.5. The smallest absolute Gasteiger partial charge is 0.204 e. The van der Waals surface area contributed by atoms with Crippen LogP contribution in [0.3, 0.4) is 0 Å². The van der Waals surface area contributed by atoms with Gasteiger partial charge in [-0.05, 0) is 25.7 Å². The zero-order valence-electron chi connectivity index (χ0n) is 12.3. The van der Waals surface area contributed by atoms with E-state index in [-0.39, 0.29) is 6.61 Å². The van der Waals surface area contributed by atoms with Gasteiger partial charge in [0.25, 0.3) is 0 Å². The van der Waals surface area contributed by atoms with Crippen molar-refractivity contribution in [1.82, 2.24) is 9.97 Å². The third-order valence-corrected chi connectivity index (χ3v) is 3.66. The molecule has 1 aromatic heterocycles. The largest absolute Gasteiger partial charge is 0.490 e. The van der Waals surface area contributed by atoms with Gasteiger partial charge in [-0.2, -0.15) is 0 Å². The minimum Gasteiger partial charge on any atom is -0.490 e. The molecule has 1 aliphatic carbocycles. The van der Waals surface area contributed by atoms with E-state index in [0.717, 1.165) is 37.4 Å². The molecular weight excluding hydrogens is 256 g/mol. The van der Waals surface area contributed by atoms with Crippen LogP contribution in [0.1, 0.15) is 32.6 Å². The zero-order chi connectivity index (χ0) is 14.4. The van der Waals surface area contributed by atoms with Gasteiger partial charge in [0.05, 0.1) is 13.7 Å². The molecule has 1 aromatic rings. The van der Waals surface area contributed by atoms with Gasteiger partial charge in [-0.1, -0.05) is 6.92 Å². The molecule has 2 rings (SSSR count). The van der Waals surface area contributed by atoms with Crippen LogP contribution in [0.4, 0.5) is 11.6 Å². The highest BCUT2D eigenvalue weighted by Gasteiger charge is 2.28. The van der Waals surface area contributed by atoms with Crippen molar-refractivity contribution in [3.8, 4) is 5.75 Å². The van der Waals surface area contributed by atoms with Gasteiger partial charge >= 0.3 is 0 Å². The van der Waals surface area contributed by atoms with Gasteiger partial charge in [0.1, 0.15) is 6.33 Å². The Bertz CT molecular complexity index is 424. The predicted molar refractivity (Wildman–Crippen MR) is 79.4 cm³/mol. The molecule has 1 saturated carbocycles.